The van der Waals surface area contributed by atoms with Gasteiger partial charge in [0.25, 0.3) is 0 Å². The molecule has 118 valence electrons. The molecule has 2 heterocycles. The number of piperidine rings is 1. The molecule has 0 saturated carbocycles. The molecule has 1 aliphatic heterocycles. The zero-order chi connectivity index (χ0) is 15.2. The van der Waals surface area contributed by atoms with Crippen molar-refractivity contribution in [3.05, 3.63) is 23.4 Å². The maximum Gasteiger partial charge on any atom is 0.131 e. The van der Waals surface area contributed by atoms with E-state index in [2.05, 4.69) is 42.0 Å². The van der Waals surface area contributed by atoms with Gasteiger partial charge in [0, 0.05) is 32.4 Å². The molecule has 0 atom stereocenters. The molecule has 1 fully saturated rings. The summed E-state index contributed by atoms with van der Waals surface area (Å²) in [5.74, 6) is 2.26. The second kappa shape index (κ2) is 7.76. The Balaban J connectivity index is 1.93. The molecule has 1 aromatic rings. The molecule has 1 aromatic heterocycles. The van der Waals surface area contributed by atoms with Gasteiger partial charge in [0.2, 0.25) is 0 Å². The van der Waals surface area contributed by atoms with Crippen LogP contribution in [0.3, 0.4) is 0 Å². The molecule has 0 aromatic carbocycles. The van der Waals surface area contributed by atoms with E-state index in [9.17, 15) is 5.11 Å². The number of aryl methyl sites for hydroxylation is 1. The van der Waals surface area contributed by atoms with Crippen LogP contribution in [0.25, 0.3) is 0 Å². The number of hydrogen-bond donors (Lipinski definition) is 2. The van der Waals surface area contributed by atoms with E-state index in [0.717, 1.165) is 44.8 Å². The monoisotopic (exact) mass is 291 g/mol. The first-order valence-corrected chi connectivity index (χ1v) is 8.12. The average Bonchev–Trinajstić information content (AvgIpc) is 2.47. The van der Waals surface area contributed by atoms with E-state index in [-0.39, 0.29) is 0 Å². The summed E-state index contributed by atoms with van der Waals surface area (Å²) in [4.78, 5) is 7.03. The number of hydrogen-bond acceptors (Lipinski definition) is 4. The van der Waals surface area contributed by atoms with Crippen LogP contribution in [-0.4, -0.2) is 36.3 Å². The SMILES string of the molecule is Cc1cc(CNCC(C)C)cnc1N1CCC(CO)CC1. The smallest absolute Gasteiger partial charge is 0.131 e. The number of nitrogens with one attached hydrogen (secondary N) is 1. The lowest BCUT2D eigenvalue weighted by Crippen LogP contribution is -2.35. The van der Waals surface area contributed by atoms with Crippen molar-refractivity contribution in [2.45, 2.75) is 40.2 Å². The summed E-state index contributed by atoms with van der Waals surface area (Å²) >= 11 is 0. The first kappa shape index (κ1) is 16.2. The van der Waals surface area contributed by atoms with Gasteiger partial charge < -0.3 is 15.3 Å². The van der Waals surface area contributed by atoms with Crippen LogP contribution < -0.4 is 10.2 Å². The number of rotatable bonds is 6. The molecule has 1 aliphatic rings. The first-order chi connectivity index (χ1) is 10.1. The highest BCUT2D eigenvalue weighted by Crippen LogP contribution is 2.24. The second-order valence-corrected chi connectivity index (χ2v) is 6.62. The van der Waals surface area contributed by atoms with E-state index in [0.29, 0.717) is 18.4 Å². The van der Waals surface area contributed by atoms with Crippen LogP contribution in [0.5, 0.6) is 0 Å². The predicted octanol–water partition coefficient (Wildman–Crippen LogP) is 2.34. The topological polar surface area (TPSA) is 48.4 Å². The second-order valence-electron chi connectivity index (χ2n) is 6.62. The maximum absolute atomic E-state index is 9.22. The molecule has 4 nitrogen and oxygen atoms in total. The van der Waals surface area contributed by atoms with Crippen molar-refractivity contribution < 1.29 is 5.11 Å². The van der Waals surface area contributed by atoms with Gasteiger partial charge in [0.15, 0.2) is 0 Å². The lowest BCUT2D eigenvalue weighted by atomic mass is 9.97. The molecule has 0 aliphatic carbocycles. The minimum atomic E-state index is 0.320. The van der Waals surface area contributed by atoms with Gasteiger partial charge in [0.05, 0.1) is 0 Å². The highest BCUT2D eigenvalue weighted by atomic mass is 16.3. The largest absolute Gasteiger partial charge is 0.396 e. The van der Waals surface area contributed by atoms with E-state index in [1.165, 1.54) is 11.1 Å². The van der Waals surface area contributed by atoms with Crippen molar-refractivity contribution in [3.8, 4) is 0 Å². The summed E-state index contributed by atoms with van der Waals surface area (Å²) < 4.78 is 0. The van der Waals surface area contributed by atoms with E-state index >= 15 is 0 Å². The number of aliphatic hydroxyl groups excluding tert-OH is 1. The van der Waals surface area contributed by atoms with Crippen molar-refractivity contribution in [1.82, 2.24) is 10.3 Å². The Morgan fingerprint density at radius 1 is 1.38 bits per heavy atom. The molecular formula is C17H29N3O. The maximum atomic E-state index is 9.22. The Labute approximate surface area is 128 Å². The fourth-order valence-electron chi connectivity index (χ4n) is 2.89. The Kier molecular flexibility index (Phi) is 6.00. The van der Waals surface area contributed by atoms with Crippen LogP contribution in [-0.2, 0) is 6.54 Å². The standard InChI is InChI=1S/C17H29N3O/c1-13(2)9-18-10-16-8-14(3)17(19-11-16)20-6-4-15(12-21)5-7-20/h8,11,13,15,18,21H,4-7,9-10,12H2,1-3H3. The van der Waals surface area contributed by atoms with Crippen LogP contribution >= 0.6 is 0 Å². The van der Waals surface area contributed by atoms with E-state index in [4.69, 9.17) is 0 Å². The Morgan fingerprint density at radius 3 is 2.67 bits per heavy atom. The summed E-state index contributed by atoms with van der Waals surface area (Å²) in [5.41, 5.74) is 2.50. The van der Waals surface area contributed by atoms with Crippen molar-refractivity contribution in [3.63, 3.8) is 0 Å². The molecule has 1 saturated heterocycles. The molecule has 0 radical (unpaired) electrons. The summed E-state index contributed by atoms with van der Waals surface area (Å²) in [5, 5.41) is 12.7. The number of aliphatic hydroxyl groups is 1. The average molecular weight is 291 g/mol. The fourth-order valence-corrected chi connectivity index (χ4v) is 2.89. The quantitative estimate of drug-likeness (QED) is 0.844. The van der Waals surface area contributed by atoms with Crippen molar-refractivity contribution >= 4 is 5.82 Å². The third-order valence-electron chi connectivity index (χ3n) is 4.16. The van der Waals surface area contributed by atoms with Crippen molar-refractivity contribution in [1.29, 1.82) is 0 Å². The van der Waals surface area contributed by atoms with Gasteiger partial charge in [-0.15, -0.1) is 0 Å². The van der Waals surface area contributed by atoms with Gasteiger partial charge in [-0.05, 0) is 55.3 Å². The molecular weight excluding hydrogens is 262 g/mol. The van der Waals surface area contributed by atoms with Gasteiger partial charge in [-0.2, -0.15) is 0 Å². The van der Waals surface area contributed by atoms with Crippen LogP contribution in [0.4, 0.5) is 5.82 Å². The minimum Gasteiger partial charge on any atom is -0.396 e. The van der Waals surface area contributed by atoms with Gasteiger partial charge in [-0.3, -0.25) is 0 Å². The number of pyridine rings is 1. The van der Waals surface area contributed by atoms with Gasteiger partial charge in [-0.1, -0.05) is 13.8 Å². The molecule has 0 bridgehead atoms. The molecule has 0 amide bonds. The highest BCUT2D eigenvalue weighted by molar-refractivity contribution is 5.47. The third-order valence-corrected chi connectivity index (χ3v) is 4.16. The summed E-state index contributed by atoms with van der Waals surface area (Å²) in [6.45, 7) is 10.8. The molecule has 4 heteroatoms. The lowest BCUT2D eigenvalue weighted by molar-refractivity contribution is 0.202. The van der Waals surface area contributed by atoms with Crippen molar-refractivity contribution in [2.24, 2.45) is 11.8 Å². The van der Waals surface area contributed by atoms with Gasteiger partial charge >= 0.3 is 0 Å². The Morgan fingerprint density at radius 2 is 2.10 bits per heavy atom. The normalized spacial score (nSPS) is 16.7. The van der Waals surface area contributed by atoms with E-state index < -0.39 is 0 Å². The number of anilines is 1. The third kappa shape index (κ3) is 4.68. The minimum absolute atomic E-state index is 0.320. The molecule has 0 spiro atoms. The first-order valence-electron chi connectivity index (χ1n) is 8.12. The molecule has 2 rings (SSSR count). The Hall–Kier alpha value is -1.13. The Bertz CT molecular complexity index is 440. The zero-order valence-corrected chi connectivity index (χ0v) is 13.6. The molecule has 21 heavy (non-hydrogen) atoms. The zero-order valence-electron chi connectivity index (χ0n) is 13.6. The van der Waals surface area contributed by atoms with Crippen LogP contribution in [0.1, 0.15) is 37.8 Å². The van der Waals surface area contributed by atoms with Crippen LogP contribution in [0, 0.1) is 18.8 Å². The summed E-state index contributed by atoms with van der Waals surface area (Å²) in [6.07, 6.45) is 4.12. The van der Waals surface area contributed by atoms with Gasteiger partial charge in [0.1, 0.15) is 5.82 Å². The van der Waals surface area contributed by atoms with E-state index in [1.807, 2.05) is 6.20 Å². The van der Waals surface area contributed by atoms with Crippen LogP contribution in [0.2, 0.25) is 0 Å². The van der Waals surface area contributed by atoms with Gasteiger partial charge in [-0.25, -0.2) is 4.98 Å². The number of aromatic nitrogens is 1. The summed E-state index contributed by atoms with van der Waals surface area (Å²) in [7, 11) is 0. The van der Waals surface area contributed by atoms with Crippen LogP contribution in [0.15, 0.2) is 12.3 Å². The summed E-state index contributed by atoms with van der Waals surface area (Å²) in [6, 6.07) is 2.24. The predicted molar refractivity (Wildman–Crippen MR) is 87.5 cm³/mol. The fraction of sp³-hybridized carbons (Fsp3) is 0.706. The lowest BCUT2D eigenvalue weighted by Gasteiger charge is -2.33. The van der Waals surface area contributed by atoms with E-state index in [1.54, 1.807) is 0 Å². The molecule has 0 unspecified atom stereocenters. The number of nitrogens with zero attached hydrogens (tertiary/aromatic N) is 2. The molecule has 2 N–H and O–H groups in total. The van der Waals surface area contributed by atoms with Crippen molar-refractivity contribution in [2.75, 3.05) is 31.1 Å². The highest BCUT2D eigenvalue weighted by Gasteiger charge is 2.20.